The predicted octanol–water partition coefficient (Wildman–Crippen LogP) is 4.27. The monoisotopic (exact) mass is 446 g/mol. The van der Waals surface area contributed by atoms with Gasteiger partial charge >= 0.3 is 0 Å². The van der Waals surface area contributed by atoms with Gasteiger partial charge in [0.1, 0.15) is 10.3 Å². The van der Waals surface area contributed by atoms with Gasteiger partial charge in [-0.2, -0.15) is 5.10 Å². The molecule has 0 atom stereocenters. The van der Waals surface area contributed by atoms with Gasteiger partial charge < -0.3 is 9.80 Å². The minimum atomic E-state index is 0.0534. The van der Waals surface area contributed by atoms with E-state index in [4.69, 9.17) is 4.98 Å². The SMILES string of the molecule is Cc1ccc(-n2ncc(C(=O)N3CCN(c4nc5cccnc5s4)CC3)c2C(C)C)cc1. The molecule has 1 aromatic carbocycles. The summed E-state index contributed by atoms with van der Waals surface area (Å²) in [5.74, 6) is 0.229. The topological polar surface area (TPSA) is 67.2 Å². The van der Waals surface area contributed by atoms with Gasteiger partial charge in [0.25, 0.3) is 5.91 Å². The highest BCUT2D eigenvalue weighted by Gasteiger charge is 2.28. The smallest absolute Gasteiger partial charge is 0.257 e. The molecule has 4 aromatic rings. The number of carbonyl (C=O) groups is 1. The summed E-state index contributed by atoms with van der Waals surface area (Å²) in [6, 6.07) is 12.1. The number of hydrogen-bond donors (Lipinski definition) is 0. The van der Waals surface area contributed by atoms with Gasteiger partial charge in [0.15, 0.2) is 5.13 Å². The molecule has 0 spiro atoms. The predicted molar refractivity (Wildman–Crippen MR) is 128 cm³/mol. The molecule has 1 fully saturated rings. The van der Waals surface area contributed by atoms with Gasteiger partial charge in [-0.1, -0.05) is 42.9 Å². The van der Waals surface area contributed by atoms with E-state index in [-0.39, 0.29) is 11.8 Å². The van der Waals surface area contributed by atoms with Crippen molar-refractivity contribution in [2.45, 2.75) is 26.7 Å². The molecule has 164 valence electrons. The van der Waals surface area contributed by atoms with E-state index in [1.54, 1.807) is 23.7 Å². The lowest BCUT2D eigenvalue weighted by Crippen LogP contribution is -2.49. The Morgan fingerprint density at radius 1 is 1.06 bits per heavy atom. The zero-order valence-electron chi connectivity index (χ0n) is 18.5. The molecule has 0 bridgehead atoms. The van der Waals surface area contributed by atoms with Gasteiger partial charge in [0, 0.05) is 32.4 Å². The normalized spacial score (nSPS) is 14.5. The van der Waals surface area contributed by atoms with Gasteiger partial charge in [0.2, 0.25) is 0 Å². The maximum Gasteiger partial charge on any atom is 0.257 e. The average molecular weight is 447 g/mol. The van der Waals surface area contributed by atoms with Crippen LogP contribution in [0.4, 0.5) is 5.13 Å². The summed E-state index contributed by atoms with van der Waals surface area (Å²) in [5.41, 5.74) is 4.76. The fourth-order valence-corrected chi connectivity index (χ4v) is 5.10. The second-order valence-electron chi connectivity index (χ2n) is 8.45. The molecule has 5 rings (SSSR count). The lowest BCUT2D eigenvalue weighted by molar-refractivity contribution is 0.0745. The zero-order chi connectivity index (χ0) is 22.2. The largest absolute Gasteiger partial charge is 0.344 e. The van der Waals surface area contributed by atoms with Crippen LogP contribution in [0.3, 0.4) is 0 Å². The number of pyridine rings is 1. The molecule has 8 heteroatoms. The number of aromatic nitrogens is 4. The van der Waals surface area contributed by atoms with Crippen molar-refractivity contribution in [1.29, 1.82) is 0 Å². The second kappa shape index (κ2) is 8.35. The third-order valence-corrected chi connectivity index (χ3v) is 6.89. The van der Waals surface area contributed by atoms with Crippen LogP contribution in [-0.4, -0.2) is 56.7 Å². The average Bonchev–Trinajstić information content (AvgIpc) is 3.44. The van der Waals surface area contributed by atoms with Crippen LogP contribution in [0, 0.1) is 6.92 Å². The summed E-state index contributed by atoms with van der Waals surface area (Å²) >= 11 is 1.60. The van der Waals surface area contributed by atoms with E-state index in [2.05, 4.69) is 47.9 Å². The number of benzene rings is 1. The molecule has 0 saturated carbocycles. The van der Waals surface area contributed by atoms with E-state index in [0.29, 0.717) is 18.7 Å². The lowest BCUT2D eigenvalue weighted by Gasteiger charge is -2.34. The molecule has 0 unspecified atom stereocenters. The summed E-state index contributed by atoms with van der Waals surface area (Å²) in [7, 11) is 0. The molecule has 32 heavy (non-hydrogen) atoms. The zero-order valence-corrected chi connectivity index (χ0v) is 19.3. The van der Waals surface area contributed by atoms with Crippen molar-refractivity contribution in [3.8, 4) is 5.69 Å². The van der Waals surface area contributed by atoms with Crippen molar-refractivity contribution in [2.75, 3.05) is 31.1 Å². The molecule has 1 saturated heterocycles. The van der Waals surface area contributed by atoms with E-state index in [1.165, 1.54) is 5.56 Å². The van der Waals surface area contributed by atoms with Crippen LogP contribution in [0.5, 0.6) is 0 Å². The van der Waals surface area contributed by atoms with Crippen molar-refractivity contribution in [2.24, 2.45) is 0 Å². The van der Waals surface area contributed by atoms with Crippen LogP contribution in [-0.2, 0) is 0 Å². The molecule has 0 radical (unpaired) electrons. The Bertz CT molecular complexity index is 1220. The van der Waals surface area contributed by atoms with Crippen LogP contribution >= 0.6 is 11.3 Å². The van der Waals surface area contributed by atoms with E-state index in [0.717, 1.165) is 39.9 Å². The van der Waals surface area contributed by atoms with Crippen molar-refractivity contribution >= 4 is 32.7 Å². The maximum atomic E-state index is 13.4. The summed E-state index contributed by atoms with van der Waals surface area (Å²) < 4.78 is 1.90. The number of piperazine rings is 1. The number of aryl methyl sites for hydroxylation is 1. The number of anilines is 1. The molecule has 4 heterocycles. The Balaban J connectivity index is 1.34. The number of rotatable bonds is 4. The van der Waals surface area contributed by atoms with Gasteiger partial charge in [0.05, 0.1) is 23.1 Å². The first-order chi connectivity index (χ1) is 15.5. The molecule has 1 aliphatic heterocycles. The lowest BCUT2D eigenvalue weighted by atomic mass is 10.0. The number of amides is 1. The van der Waals surface area contributed by atoms with Gasteiger partial charge in [-0.3, -0.25) is 4.79 Å². The molecule has 3 aromatic heterocycles. The Morgan fingerprint density at radius 2 is 1.81 bits per heavy atom. The molecule has 1 aliphatic rings. The van der Waals surface area contributed by atoms with E-state index in [1.807, 2.05) is 33.8 Å². The van der Waals surface area contributed by atoms with Crippen molar-refractivity contribution < 1.29 is 4.79 Å². The highest BCUT2D eigenvalue weighted by molar-refractivity contribution is 7.21. The van der Waals surface area contributed by atoms with Crippen molar-refractivity contribution in [1.82, 2.24) is 24.6 Å². The highest BCUT2D eigenvalue weighted by Crippen LogP contribution is 2.29. The van der Waals surface area contributed by atoms with Crippen molar-refractivity contribution in [3.63, 3.8) is 0 Å². The van der Waals surface area contributed by atoms with Crippen molar-refractivity contribution in [3.05, 3.63) is 65.6 Å². The number of hydrogen-bond acceptors (Lipinski definition) is 6. The van der Waals surface area contributed by atoms with E-state index >= 15 is 0 Å². The first kappa shape index (κ1) is 20.6. The van der Waals surface area contributed by atoms with Gasteiger partial charge in [-0.25, -0.2) is 14.6 Å². The molecular weight excluding hydrogens is 420 g/mol. The first-order valence-electron chi connectivity index (χ1n) is 10.9. The van der Waals surface area contributed by atoms with Crippen LogP contribution < -0.4 is 4.90 Å². The molecular formula is C24H26N6OS. The fraction of sp³-hybridized carbons (Fsp3) is 0.333. The minimum Gasteiger partial charge on any atom is -0.344 e. The van der Waals surface area contributed by atoms with Gasteiger partial charge in [-0.05, 0) is 37.1 Å². The molecule has 0 N–H and O–H groups in total. The number of nitrogens with zero attached hydrogens (tertiary/aromatic N) is 6. The van der Waals surface area contributed by atoms with E-state index < -0.39 is 0 Å². The second-order valence-corrected chi connectivity index (χ2v) is 9.40. The minimum absolute atomic E-state index is 0.0534. The third kappa shape index (κ3) is 3.75. The van der Waals surface area contributed by atoms with Crippen LogP contribution in [0.2, 0.25) is 0 Å². The van der Waals surface area contributed by atoms with Crippen LogP contribution in [0.25, 0.3) is 16.0 Å². The Labute approximate surface area is 191 Å². The van der Waals surface area contributed by atoms with Crippen LogP contribution in [0.1, 0.15) is 41.4 Å². The van der Waals surface area contributed by atoms with Crippen LogP contribution in [0.15, 0.2) is 48.8 Å². The summed E-state index contributed by atoms with van der Waals surface area (Å²) in [4.78, 5) is 27.7. The van der Waals surface area contributed by atoms with E-state index in [9.17, 15) is 4.79 Å². The first-order valence-corrected chi connectivity index (χ1v) is 11.7. The Hall–Kier alpha value is -3.26. The standard InChI is InChI=1S/C24H26N6OS/c1-16(2)21-19(15-26-30(21)18-8-6-17(3)7-9-18)23(31)28-11-13-29(14-12-28)24-27-20-5-4-10-25-22(20)32-24/h4-10,15-16H,11-14H2,1-3H3. The molecule has 0 aliphatic carbocycles. The quantitative estimate of drug-likeness (QED) is 0.468. The molecule has 1 amide bonds. The molecule has 7 nitrogen and oxygen atoms in total. The third-order valence-electron chi connectivity index (χ3n) is 5.85. The summed E-state index contributed by atoms with van der Waals surface area (Å²) in [6.45, 7) is 9.12. The highest BCUT2D eigenvalue weighted by atomic mass is 32.1. The summed E-state index contributed by atoms with van der Waals surface area (Å²) in [6.07, 6.45) is 3.52. The fourth-order valence-electron chi connectivity index (χ4n) is 4.13. The Kier molecular flexibility index (Phi) is 5.38. The Morgan fingerprint density at radius 3 is 2.50 bits per heavy atom. The van der Waals surface area contributed by atoms with Gasteiger partial charge in [-0.15, -0.1) is 0 Å². The maximum absolute atomic E-state index is 13.4. The number of fused-ring (bicyclic) bond motifs is 1. The number of carbonyl (C=O) groups excluding carboxylic acids is 1. The summed E-state index contributed by atoms with van der Waals surface area (Å²) in [5, 5.41) is 5.56. The number of thiazole rings is 1.